The number of hydrogen-bond acceptors (Lipinski definition) is 3. The predicted octanol–water partition coefficient (Wildman–Crippen LogP) is 4.68. The van der Waals surface area contributed by atoms with Crippen LogP contribution in [0.25, 0.3) is 22.8 Å². The molecule has 0 aliphatic carbocycles. The highest BCUT2D eigenvalue weighted by Gasteiger charge is 2.10. The monoisotopic (exact) mass is 338 g/mol. The number of benzene rings is 2. The van der Waals surface area contributed by atoms with E-state index in [0.29, 0.717) is 32.4 Å². The number of aromatic amines is 1. The zero-order valence-electron chi connectivity index (χ0n) is 10.6. The lowest BCUT2D eigenvalue weighted by atomic mass is 10.2. The van der Waals surface area contributed by atoms with Crippen LogP contribution in [0.15, 0.2) is 36.4 Å². The van der Waals surface area contributed by atoms with Gasteiger partial charge in [-0.15, -0.1) is 0 Å². The molecule has 3 rings (SSSR count). The van der Waals surface area contributed by atoms with E-state index in [9.17, 15) is 0 Å². The summed E-state index contributed by atoms with van der Waals surface area (Å²) in [5.74, 6) is 1.12. The normalized spacial score (nSPS) is 10.8. The van der Waals surface area contributed by atoms with Gasteiger partial charge in [0.15, 0.2) is 11.6 Å². The largest absolute Gasteiger partial charge is 0.398 e. The number of nitrogen functional groups attached to an aromatic ring is 1. The number of H-pyrrole nitrogens is 1. The topological polar surface area (TPSA) is 67.6 Å². The molecule has 0 aliphatic rings. The molecule has 1 aromatic heterocycles. The summed E-state index contributed by atoms with van der Waals surface area (Å²) in [7, 11) is 0. The van der Waals surface area contributed by atoms with Crippen molar-refractivity contribution in [1.82, 2.24) is 15.2 Å². The Morgan fingerprint density at radius 1 is 0.857 bits per heavy atom. The molecule has 0 saturated carbocycles. The fourth-order valence-corrected chi connectivity index (χ4v) is 2.26. The van der Waals surface area contributed by atoms with Crippen LogP contribution in [0.1, 0.15) is 0 Å². The van der Waals surface area contributed by atoms with Crippen molar-refractivity contribution in [2.75, 3.05) is 5.73 Å². The number of nitrogens with one attached hydrogen (secondary N) is 1. The molecule has 0 unspecified atom stereocenters. The zero-order chi connectivity index (χ0) is 15.0. The van der Waals surface area contributed by atoms with Crippen LogP contribution in [-0.4, -0.2) is 15.2 Å². The van der Waals surface area contributed by atoms with E-state index < -0.39 is 0 Å². The molecule has 0 amide bonds. The molecule has 0 saturated heterocycles. The second-order valence-electron chi connectivity index (χ2n) is 4.37. The summed E-state index contributed by atoms with van der Waals surface area (Å²) in [6.07, 6.45) is 0. The summed E-state index contributed by atoms with van der Waals surface area (Å²) in [6, 6.07) is 10.5. The standard InChI is InChI=1S/C14H9Cl3N4/c15-9-3-1-7(5-11(9)17)13-19-14(21-20-13)8-2-4-10(16)12(18)6-8/h1-6H,18H2,(H,19,20,21). The summed E-state index contributed by atoms with van der Waals surface area (Å²) in [5, 5.41) is 8.48. The van der Waals surface area contributed by atoms with E-state index in [4.69, 9.17) is 40.5 Å². The SMILES string of the molecule is Nc1cc(-c2nc(-c3ccc(Cl)c(Cl)c3)n[nH]2)ccc1Cl. The number of rotatable bonds is 2. The van der Waals surface area contributed by atoms with Crippen LogP contribution in [0.3, 0.4) is 0 Å². The van der Waals surface area contributed by atoms with Crippen LogP contribution in [0.4, 0.5) is 5.69 Å². The third-order valence-electron chi connectivity index (χ3n) is 2.93. The van der Waals surface area contributed by atoms with Crippen molar-refractivity contribution in [1.29, 1.82) is 0 Å². The van der Waals surface area contributed by atoms with Gasteiger partial charge in [0, 0.05) is 11.1 Å². The molecule has 0 radical (unpaired) electrons. The maximum absolute atomic E-state index is 6.00. The smallest absolute Gasteiger partial charge is 0.181 e. The van der Waals surface area contributed by atoms with Gasteiger partial charge in [-0.3, -0.25) is 5.10 Å². The lowest BCUT2D eigenvalue weighted by molar-refractivity contribution is 1.10. The molecule has 1 heterocycles. The Balaban J connectivity index is 1.99. The van der Waals surface area contributed by atoms with Crippen molar-refractivity contribution < 1.29 is 0 Å². The molecule has 0 aliphatic heterocycles. The molecule has 106 valence electrons. The van der Waals surface area contributed by atoms with Crippen molar-refractivity contribution in [3.05, 3.63) is 51.5 Å². The molecule has 0 atom stereocenters. The van der Waals surface area contributed by atoms with Gasteiger partial charge in [-0.25, -0.2) is 4.98 Å². The minimum atomic E-state index is 0.455. The van der Waals surface area contributed by atoms with E-state index >= 15 is 0 Å². The van der Waals surface area contributed by atoms with Gasteiger partial charge in [0.2, 0.25) is 0 Å². The molecular weight excluding hydrogens is 331 g/mol. The molecule has 0 fully saturated rings. The number of aromatic nitrogens is 3. The van der Waals surface area contributed by atoms with Crippen LogP contribution in [0, 0.1) is 0 Å². The lowest BCUT2D eigenvalue weighted by Crippen LogP contribution is -1.88. The van der Waals surface area contributed by atoms with E-state index in [0.717, 1.165) is 11.1 Å². The second-order valence-corrected chi connectivity index (χ2v) is 5.59. The molecule has 7 heteroatoms. The Bertz CT molecular complexity index is 748. The third kappa shape index (κ3) is 2.83. The zero-order valence-corrected chi connectivity index (χ0v) is 12.8. The highest BCUT2D eigenvalue weighted by molar-refractivity contribution is 6.42. The van der Waals surface area contributed by atoms with E-state index in [2.05, 4.69) is 15.2 Å². The number of hydrogen-bond donors (Lipinski definition) is 2. The fourth-order valence-electron chi connectivity index (χ4n) is 1.85. The van der Waals surface area contributed by atoms with Gasteiger partial charge >= 0.3 is 0 Å². The molecule has 3 aromatic rings. The molecule has 0 spiro atoms. The van der Waals surface area contributed by atoms with Gasteiger partial charge in [0.25, 0.3) is 0 Å². The minimum Gasteiger partial charge on any atom is -0.398 e. The maximum atomic E-state index is 6.00. The van der Waals surface area contributed by atoms with E-state index in [-0.39, 0.29) is 0 Å². The Kier molecular flexibility index (Phi) is 3.76. The van der Waals surface area contributed by atoms with Crippen molar-refractivity contribution in [3.8, 4) is 22.8 Å². The number of nitrogens with two attached hydrogens (primary N) is 1. The summed E-state index contributed by atoms with van der Waals surface area (Å²) in [6.45, 7) is 0. The summed E-state index contributed by atoms with van der Waals surface area (Å²) >= 11 is 17.8. The van der Waals surface area contributed by atoms with Crippen molar-refractivity contribution >= 4 is 40.5 Å². The lowest BCUT2D eigenvalue weighted by Gasteiger charge is -2.00. The quantitative estimate of drug-likeness (QED) is 0.666. The molecule has 4 nitrogen and oxygen atoms in total. The van der Waals surface area contributed by atoms with Gasteiger partial charge < -0.3 is 5.73 Å². The maximum Gasteiger partial charge on any atom is 0.181 e. The van der Waals surface area contributed by atoms with Crippen molar-refractivity contribution in [3.63, 3.8) is 0 Å². The number of anilines is 1. The first-order chi connectivity index (χ1) is 10.0. The van der Waals surface area contributed by atoms with Gasteiger partial charge in [0.1, 0.15) is 0 Å². The fraction of sp³-hybridized carbons (Fsp3) is 0. The summed E-state index contributed by atoms with van der Waals surface area (Å²) in [5.41, 5.74) is 7.85. The first kappa shape index (κ1) is 14.2. The Hall–Kier alpha value is -1.75. The Morgan fingerprint density at radius 3 is 2.29 bits per heavy atom. The van der Waals surface area contributed by atoms with Crippen LogP contribution < -0.4 is 5.73 Å². The van der Waals surface area contributed by atoms with Gasteiger partial charge in [0.05, 0.1) is 20.8 Å². The first-order valence-corrected chi connectivity index (χ1v) is 7.11. The van der Waals surface area contributed by atoms with Crippen molar-refractivity contribution in [2.45, 2.75) is 0 Å². The highest BCUT2D eigenvalue weighted by atomic mass is 35.5. The predicted molar refractivity (Wildman–Crippen MR) is 86.7 cm³/mol. The molecular formula is C14H9Cl3N4. The van der Waals surface area contributed by atoms with Gasteiger partial charge in [-0.2, -0.15) is 5.10 Å². The van der Waals surface area contributed by atoms with Crippen molar-refractivity contribution in [2.24, 2.45) is 0 Å². The highest BCUT2D eigenvalue weighted by Crippen LogP contribution is 2.29. The Morgan fingerprint density at radius 2 is 1.57 bits per heavy atom. The minimum absolute atomic E-state index is 0.455. The summed E-state index contributed by atoms with van der Waals surface area (Å²) < 4.78 is 0. The van der Waals surface area contributed by atoms with Crippen LogP contribution in [0.5, 0.6) is 0 Å². The average molecular weight is 340 g/mol. The third-order valence-corrected chi connectivity index (χ3v) is 4.02. The van der Waals surface area contributed by atoms with Crippen LogP contribution >= 0.6 is 34.8 Å². The Labute approximate surface area is 135 Å². The van der Waals surface area contributed by atoms with E-state index in [1.807, 2.05) is 6.07 Å². The molecule has 2 aromatic carbocycles. The molecule has 3 N–H and O–H groups in total. The number of nitrogens with zero attached hydrogens (tertiary/aromatic N) is 2. The van der Waals surface area contributed by atoms with Crippen LogP contribution in [0.2, 0.25) is 15.1 Å². The summed E-state index contributed by atoms with van der Waals surface area (Å²) in [4.78, 5) is 4.43. The second kappa shape index (κ2) is 5.56. The molecule has 0 bridgehead atoms. The average Bonchev–Trinajstić information content (AvgIpc) is 2.94. The van der Waals surface area contributed by atoms with Gasteiger partial charge in [-0.1, -0.05) is 34.8 Å². The first-order valence-electron chi connectivity index (χ1n) is 5.98. The number of halogens is 3. The van der Waals surface area contributed by atoms with Gasteiger partial charge in [-0.05, 0) is 36.4 Å². The van der Waals surface area contributed by atoms with Crippen LogP contribution in [-0.2, 0) is 0 Å². The van der Waals surface area contributed by atoms with E-state index in [1.54, 1.807) is 30.3 Å². The molecule has 21 heavy (non-hydrogen) atoms. The van der Waals surface area contributed by atoms with E-state index in [1.165, 1.54) is 0 Å².